The van der Waals surface area contributed by atoms with Crippen LogP contribution < -0.4 is 5.32 Å². The van der Waals surface area contributed by atoms with Gasteiger partial charge in [-0.25, -0.2) is 0 Å². The van der Waals surface area contributed by atoms with Crippen LogP contribution in [0.2, 0.25) is 0 Å². The molecule has 1 aliphatic rings. The minimum Gasteiger partial charge on any atom is -0.337 e. The SMILES string of the molecule is CNC1CCN(C(=O)c2ccncc2)C1. The molecule has 0 radical (unpaired) electrons. The zero-order valence-electron chi connectivity index (χ0n) is 8.81. The molecular weight excluding hydrogens is 190 g/mol. The minimum absolute atomic E-state index is 0.107. The first-order valence-corrected chi connectivity index (χ1v) is 5.18. The summed E-state index contributed by atoms with van der Waals surface area (Å²) in [5, 5.41) is 3.19. The monoisotopic (exact) mass is 205 g/mol. The second kappa shape index (κ2) is 4.40. The molecule has 15 heavy (non-hydrogen) atoms. The highest BCUT2D eigenvalue weighted by Crippen LogP contribution is 2.12. The number of nitrogens with zero attached hydrogens (tertiary/aromatic N) is 2. The van der Waals surface area contributed by atoms with Gasteiger partial charge in [-0.2, -0.15) is 0 Å². The number of hydrogen-bond acceptors (Lipinski definition) is 3. The van der Waals surface area contributed by atoms with E-state index < -0.39 is 0 Å². The van der Waals surface area contributed by atoms with Crippen LogP contribution in [0.15, 0.2) is 24.5 Å². The molecule has 1 aromatic heterocycles. The van der Waals surface area contributed by atoms with E-state index in [0.29, 0.717) is 6.04 Å². The van der Waals surface area contributed by atoms with Crippen molar-refractivity contribution in [1.82, 2.24) is 15.2 Å². The zero-order valence-corrected chi connectivity index (χ0v) is 8.81. The first-order valence-electron chi connectivity index (χ1n) is 5.18. The van der Waals surface area contributed by atoms with Gasteiger partial charge in [-0.3, -0.25) is 9.78 Å². The van der Waals surface area contributed by atoms with Crippen LogP contribution in [-0.2, 0) is 0 Å². The third-order valence-electron chi connectivity index (χ3n) is 2.81. The van der Waals surface area contributed by atoms with Crippen molar-refractivity contribution in [3.05, 3.63) is 30.1 Å². The Bertz CT molecular complexity index is 339. The summed E-state index contributed by atoms with van der Waals surface area (Å²) in [6, 6.07) is 3.96. The second-order valence-corrected chi connectivity index (χ2v) is 3.76. The zero-order chi connectivity index (χ0) is 10.7. The predicted octanol–water partition coefficient (Wildman–Crippen LogP) is 0.515. The summed E-state index contributed by atoms with van der Waals surface area (Å²) in [4.78, 5) is 17.8. The van der Waals surface area contributed by atoms with Gasteiger partial charge < -0.3 is 10.2 Å². The molecule has 1 saturated heterocycles. The van der Waals surface area contributed by atoms with E-state index in [1.807, 2.05) is 11.9 Å². The lowest BCUT2D eigenvalue weighted by molar-refractivity contribution is 0.0789. The van der Waals surface area contributed by atoms with Crippen molar-refractivity contribution in [1.29, 1.82) is 0 Å². The third kappa shape index (κ3) is 2.15. The Morgan fingerprint density at radius 2 is 2.27 bits per heavy atom. The van der Waals surface area contributed by atoms with Gasteiger partial charge in [0, 0.05) is 37.1 Å². The van der Waals surface area contributed by atoms with E-state index in [9.17, 15) is 4.79 Å². The normalized spacial score (nSPS) is 20.6. The van der Waals surface area contributed by atoms with Crippen molar-refractivity contribution in [3.63, 3.8) is 0 Å². The summed E-state index contributed by atoms with van der Waals surface area (Å²) in [6.45, 7) is 1.64. The molecule has 1 aliphatic heterocycles. The van der Waals surface area contributed by atoms with E-state index >= 15 is 0 Å². The van der Waals surface area contributed by atoms with Gasteiger partial charge in [0.1, 0.15) is 0 Å². The lowest BCUT2D eigenvalue weighted by Gasteiger charge is -2.16. The molecule has 1 unspecified atom stereocenters. The third-order valence-corrected chi connectivity index (χ3v) is 2.81. The summed E-state index contributed by atoms with van der Waals surface area (Å²) in [6.07, 6.45) is 4.34. The average molecular weight is 205 g/mol. The highest BCUT2D eigenvalue weighted by molar-refractivity contribution is 5.94. The van der Waals surface area contributed by atoms with Crippen LogP contribution >= 0.6 is 0 Å². The van der Waals surface area contributed by atoms with Crippen molar-refractivity contribution in [2.24, 2.45) is 0 Å². The smallest absolute Gasteiger partial charge is 0.254 e. The number of aromatic nitrogens is 1. The summed E-state index contributed by atoms with van der Waals surface area (Å²) >= 11 is 0. The summed E-state index contributed by atoms with van der Waals surface area (Å²) in [7, 11) is 1.94. The first kappa shape index (κ1) is 10.1. The van der Waals surface area contributed by atoms with Crippen molar-refractivity contribution in [2.75, 3.05) is 20.1 Å². The van der Waals surface area contributed by atoms with E-state index in [2.05, 4.69) is 10.3 Å². The minimum atomic E-state index is 0.107. The molecule has 0 aromatic carbocycles. The molecule has 80 valence electrons. The van der Waals surface area contributed by atoms with Crippen LogP contribution in [-0.4, -0.2) is 42.0 Å². The molecule has 0 spiro atoms. The molecule has 4 nitrogen and oxygen atoms in total. The van der Waals surface area contributed by atoms with Gasteiger partial charge >= 0.3 is 0 Å². The Labute approximate surface area is 89.3 Å². The maximum absolute atomic E-state index is 12.0. The summed E-state index contributed by atoms with van der Waals surface area (Å²) in [5.41, 5.74) is 0.724. The van der Waals surface area contributed by atoms with Crippen LogP contribution in [0.25, 0.3) is 0 Å². The molecule has 1 fully saturated rings. The number of amides is 1. The average Bonchev–Trinajstić information content (AvgIpc) is 2.78. The summed E-state index contributed by atoms with van der Waals surface area (Å²) in [5.74, 6) is 0.107. The quantitative estimate of drug-likeness (QED) is 0.765. The molecule has 0 bridgehead atoms. The maximum Gasteiger partial charge on any atom is 0.254 e. The van der Waals surface area contributed by atoms with Crippen LogP contribution in [0, 0.1) is 0 Å². The number of rotatable bonds is 2. The number of carbonyl (C=O) groups is 1. The lowest BCUT2D eigenvalue weighted by atomic mass is 10.2. The van der Waals surface area contributed by atoms with Gasteiger partial charge in [0.25, 0.3) is 5.91 Å². The van der Waals surface area contributed by atoms with Crippen LogP contribution in [0.5, 0.6) is 0 Å². The molecule has 1 N–H and O–H groups in total. The van der Waals surface area contributed by atoms with Crippen molar-refractivity contribution in [3.8, 4) is 0 Å². The van der Waals surface area contributed by atoms with Gasteiger partial charge in [0.2, 0.25) is 0 Å². The van der Waals surface area contributed by atoms with Crippen molar-refractivity contribution < 1.29 is 4.79 Å². The molecule has 0 saturated carbocycles. The van der Waals surface area contributed by atoms with E-state index in [0.717, 1.165) is 25.1 Å². The van der Waals surface area contributed by atoms with Crippen molar-refractivity contribution in [2.45, 2.75) is 12.5 Å². The van der Waals surface area contributed by atoms with Gasteiger partial charge in [0.05, 0.1) is 0 Å². The molecule has 2 rings (SSSR count). The molecule has 1 atom stereocenters. The van der Waals surface area contributed by atoms with Crippen LogP contribution in [0.4, 0.5) is 0 Å². The fraction of sp³-hybridized carbons (Fsp3) is 0.455. The fourth-order valence-electron chi connectivity index (χ4n) is 1.86. The standard InChI is InChI=1S/C11H15N3O/c1-12-10-4-7-14(8-10)11(15)9-2-5-13-6-3-9/h2-3,5-6,10,12H,4,7-8H2,1H3. The number of pyridine rings is 1. The number of nitrogens with one attached hydrogen (secondary N) is 1. The predicted molar refractivity (Wildman–Crippen MR) is 57.6 cm³/mol. The van der Waals surface area contributed by atoms with E-state index in [-0.39, 0.29) is 5.91 Å². The molecule has 1 aromatic rings. The Kier molecular flexibility index (Phi) is 2.97. The molecule has 2 heterocycles. The Morgan fingerprint density at radius 1 is 1.53 bits per heavy atom. The van der Waals surface area contributed by atoms with Gasteiger partial charge in [-0.05, 0) is 25.6 Å². The number of likely N-dealkylation sites (tertiary alicyclic amines) is 1. The Morgan fingerprint density at radius 3 is 2.87 bits per heavy atom. The van der Waals surface area contributed by atoms with E-state index in [1.54, 1.807) is 24.5 Å². The lowest BCUT2D eigenvalue weighted by Crippen LogP contribution is -2.33. The fourth-order valence-corrected chi connectivity index (χ4v) is 1.86. The largest absolute Gasteiger partial charge is 0.337 e. The number of likely N-dealkylation sites (N-methyl/N-ethyl adjacent to an activating group) is 1. The van der Waals surface area contributed by atoms with Gasteiger partial charge in [0.15, 0.2) is 0 Å². The topological polar surface area (TPSA) is 45.2 Å². The molecule has 1 amide bonds. The number of carbonyl (C=O) groups excluding carboxylic acids is 1. The van der Waals surface area contributed by atoms with E-state index in [1.165, 1.54) is 0 Å². The molecule has 4 heteroatoms. The van der Waals surface area contributed by atoms with Crippen molar-refractivity contribution >= 4 is 5.91 Å². The Hall–Kier alpha value is -1.42. The van der Waals surface area contributed by atoms with Crippen LogP contribution in [0.1, 0.15) is 16.8 Å². The Balaban J connectivity index is 2.04. The van der Waals surface area contributed by atoms with Gasteiger partial charge in [-0.15, -0.1) is 0 Å². The summed E-state index contributed by atoms with van der Waals surface area (Å²) < 4.78 is 0. The molecule has 0 aliphatic carbocycles. The highest BCUT2D eigenvalue weighted by Gasteiger charge is 2.25. The molecular formula is C11H15N3O. The first-order chi connectivity index (χ1) is 7.31. The maximum atomic E-state index is 12.0. The second-order valence-electron chi connectivity index (χ2n) is 3.76. The van der Waals surface area contributed by atoms with Gasteiger partial charge in [-0.1, -0.05) is 0 Å². The van der Waals surface area contributed by atoms with E-state index in [4.69, 9.17) is 0 Å². The van der Waals surface area contributed by atoms with Crippen LogP contribution in [0.3, 0.4) is 0 Å². The number of hydrogen-bond donors (Lipinski definition) is 1. The highest BCUT2D eigenvalue weighted by atomic mass is 16.2.